The number of nitrogens with one attached hydrogen (secondary N) is 3. The van der Waals surface area contributed by atoms with Crippen molar-refractivity contribution in [1.82, 2.24) is 15.3 Å². The fraction of sp³-hybridized carbons (Fsp3) is 0.500. The molecule has 1 aromatic rings. The van der Waals surface area contributed by atoms with Gasteiger partial charge in [-0.3, -0.25) is 14.9 Å². The largest absolute Gasteiger partial charge is 0.383 e. The van der Waals surface area contributed by atoms with Crippen LogP contribution in [0.25, 0.3) is 0 Å². The highest BCUT2D eigenvalue weighted by Gasteiger charge is 2.22. The van der Waals surface area contributed by atoms with Gasteiger partial charge in [-0.2, -0.15) is 0 Å². The molecular formula is C10H17N7O4. The molecule has 0 aliphatic carbocycles. The minimum atomic E-state index is -0.657. The molecule has 0 aromatic carbocycles. The average Bonchev–Trinajstić information content (AvgIpc) is 2.47. The molecule has 1 heterocycles. The van der Waals surface area contributed by atoms with Crippen LogP contribution >= 0.6 is 0 Å². The molecular weight excluding hydrogens is 282 g/mol. The highest BCUT2D eigenvalue weighted by molar-refractivity contribution is 5.76. The van der Waals surface area contributed by atoms with E-state index in [1.165, 1.54) is 7.11 Å². The van der Waals surface area contributed by atoms with Gasteiger partial charge in [-0.1, -0.05) is 0 Å². The van der Waals surface area contributed by atoms with Gasteiger partial charge in [0.2, 0.25) is 17.5 Å². The van der Waals surface area contributed by atoms with E-state index in [4.69, 9.17) is 10.6 Å². The Morgan fingerprint density at radius 1 is 1.43 bits per heavy atom. The molecule has 1 aromatic heterocycles. The van der Waals surface area contributed by atoms with E-state index in [9.17, 15) is 14.9 Å². The monoisotopic (exact) mass is 299 g/mol. The van der Waals surface area contributed by atoms with Crippen LogP contribution < -0.4 is 21.9 Å². The Kier molecular flexibility index (Phi) is 6.77. The van der Waals surface area contributed by atoms with Crippen molar-refractivity contribution in [2.45, 2.75) is 6.42 Å². The van der Waals surface area contributed by atoms with Crippen molar-refractivity contribution in [2.75, 3.05) is 37.5 Å². The summed E-state index contributed by atoms with van der Waals surface area (Å²) in [6.45, 7) is 1.01. The third-order valence-corrected chi connectivity index (χ3v) is 2.41. The zero-order chi connectivity index (χ0) is 15.7. The summed E-state index contributed by atoms with van der Waals surface area (Å²) >= 11 is 0. The van der Waals surface area contributed by atoms with Crippen molar-refractivity contribution in [2.24, 2.45) is 5.84 Å². The summed E-state index contributed by atoms with van der Waals surface area (Å²) in [6, 6.07) is 0. The van der Waals surface area contributed by atoms with Crippen molar-refractivity contribution < 1.29 is 14.5 Å². The number of nitrogens with zero attached hydrogens (tertiary/aromatic N) is 3. The van der Waals surface area contributed by atoms with Gasteiger partial charge in [0.05, 0.1) is 11.5 Å². The van der Waals surface area contributed by atoms with Gasteiger partial charge in [0.1, 0.15) is 6.33 Å². The van der Waals surface area contributed by atoms with Crippen molar-refractivity contribution in [3.63, 3.8) is 0 Å². The zero-order valence-corrected chi connectivity index (χ0v) is 11.5. The number of nitrogens with two attached hydrogens (primary N) is 1. The Morgan fingerprint density at radius 2 is 2.14 bits per heavy atom. The number of methoxy groups -OCH3 is 1. The zero-order valence-electron chi connectivity index (χ0n) is 11.5. The van der Waals surface area contributed by atoms with E-state index < -0.39 is 4.92 Å². The molecule has 0 radical (unpaired) electrons. The van der Waals surface area contributed by atoms with Crippen molar-refractivity contribution in [3.05, 3.63) is 16.4 Å². The average molecular weight is 299 g/mol. The number of nitrogen functional groups attached to an aromatic ring is 1. The summed E-state index contributed by atoms with van der Waals surface area (Å²) in [7, 11) is 1.53. The molecule has 0 saturated carbocycles. The molecule has 1 rings (SSSR count). The Balaban J connectivity index is 2.56. The molecule has 0 aliphatic rings. The first kappa shape index (κ1) is 16.5. The second-order valence-corrected chi connectivity index (χ2v) is 3.84. The predicted octanol–water partition coefficient (Wildman–Crippen LogP) is -0.765. The maximum Gasteiger partial charge on any atom is 0.354 e. The number of carbonyl (C=O) groups is 1. The summed E-state index contributed by atoms with van der Waals surface area (Å²) in [5.41, 5.74) is 1.75. The lowest BCUT2D eigenvalue weighted by Gasteiger charge is -2.08. The second kappa shape index (κ2) is 8.60. The van der Waals surface area contributed by atoms with Crippen LogP contribution in [0, 0.1) is 10.1 Å². The van der Waals surface area contributed by atoms with E-state index >= 15 is 0 Å². The highest BCUT2D eigenvalue weighted by Crippen LogP contribution is 2.27. The molecule has 11 nitrogen and oxygen atoms in total. The molecule has 0 bridgehead atoms. The van der Waals surface area contributed by atoms with Crippen LogP contribution in [0.15, 0.2) is 6.33 Å². The van der Waals surface area contributed by atoms with Crippen molar-refractivity contribution >= 4 is 23.2 Å². The summed E-state index contributed by atoms with van der Waals surface area (Å²) < 4.78 is 4.79. The molecule has 0 unspecified atom stereocenters. The maximum atomic E-state index is 11.4. The van der Waals surface area contributed by atoms with E-state index in [1.54, 1.807) is 0 Å². The highest BCUT2D eigenvalue weighted by atomic mass is 16.6. The van der Waals surface area contributed by atoms with Crippen LogP contribution in [0.1, 0.15) is 6.42 Å². The number of ether oxygens (including phenoxy) is 1. The maximum absolute atomic E-state index is 11.4. The second-order valence-electron chi connectivity index (χ2n) is 3.84. The number of hydrogen-bond acceptors (Lipinski definition) is 9. The topological polar surface area (TPSA) is 157 Å². The standard InChI is InChI=1S/C10H17N7O4/c1-21-5-4-12-7(18)2-3-13-9-8(17(19)20)10(16-11)15-6-14-9/h6H,2-5,11H2,1H3,(H,12,18)(H2,13,14,15,16). The third kappa shape index (κ3) is 5.16. The molecule has 11 heteroatoms. The van der Waals surface area contributed by atoms with E-state index in [2.05, 4.69) is 26.0 Å². The van der Waals surface area contributed by atoms with Crippen LogP contribution in [0.4, 0.5) is 17.3 Å². The Bertz CT molecular complexity index is 496. The van der Waals surface area contributed by atoms with Gasteiger partial charge in [-0.05, 0) is 0 Å². The number of amides is 1. The molecule has 5 N–H and O–H groups in total. The van der Waals surface area contributed by atoms with Gasteiger partial charge in [-0.15, -0.1) is 0 Å². The van der Waals surface area contributed by atoms with E-state index in [0.29, 0.717) is 13.2 Å². The lowest BCUT2D eigenvalue weighted by atomic mass is 10.3. The van der Waals surface area contributed by atoms with Gasteiger partial charge in [-0.25, -0.2) is 15.8 Å². The Hall–Kier alpha value is -2.53. The number of hydrogen-bond donors (Lipinski definition) is 4. The van der Waals surface area contributed by atoms with Crippen LogP contribution in [0.5, 0.6) is 0 Å². The quantitative estimate of drug-likeness (QED) is 0.199. The van der Waals surface area contributed by atoms with Crippen molar-refractivity contribution in [1.29, 1.82) is 0 Å². The first-order chi connectivity index (χ1) is 10.1. The summed E-state index contributed by atoms with van der Waals surface area (Å²) in [5.74, 6) is 4.84. The number of rotatable bonds is 9. The first-order valence-electron chi connectivity index (χ1n) is 6.05. The number of hydrazine groups is 1. The lowest BCUT2D eigenvalue weighted by molar-refractivity contribution is -0.383. The van der Waals surface area contributed by atoms with Gasteiger partial charge in [0.15, 0.2) is 0 Å². The van der Waals surface area contributed by atoms with Gasteiger partial charge < -0.3 is 20.8 Å². The summed E-state index contributed by atoms with van der Waals surface area (Å²) in [5, 5.41) is 16.3. The van der Waals surface area contributed by atoms with Crippen LogP contribution in [0.3, 0.4) is 0 Å². The number of nitro groups is 1. The Morgan fingerprint density at radius 3 is 2.76 bits per heavy atom. The SMILES string of the molecule is COCCNC(=O)CCNc1ncnc(NN)c1[N+](=O)[O-]. The summed E-state index contributed by atoms with van der Waals surface area (Å²) in [4.78, 5) is 29.2. The lowest BCUT2D eigenvalue weighted by Crippen LogP contribution is -2.28. The minimum absolute atomic E-state index is 0.00681. The molecule has 1 amide bonds. The molecule has 0 atom stereocenters. The molecule has 0 saturated heterocycles. The van der Waals surface area contributed by atoms with Crippen LogP contribution in [0.2, 0.25) is 0 Å². The smallest absolute Gasteiger partial charge is 0.354 e. The number of anilines is 2. The fourth-order valence-electron chi connectivity index (χ4n) is 1.46. The first-order valence-corrected chi connectivity index (χ1v) is 6.05. The van der Waals surface area contributed by atoms with Gasteiger partial charge >= 0.3 is 5.69 Å². The molecule has 0 aliphatic heterocycles. The normalized spacial score (nSPS) is 10.0. The molecule has 0 spiro atoms. The molecule has 0 fully saturated rings. The fourth-order valence-corrected chi connectivity index (χ4v) is 1.46. The molecule has 21 heavy (non-hydrogen) atoms. The summed E-state index contributed by atoms with van der Waals surface area (Å²) in [6.07, 6.45) is 1.26. The van der Waals surface area contributed by atoms with Gasteiger partial charge in [0, 0.05) is 26.6 Å². The number of aromatic nitrogens is 2. The predicted molar refractivity (Wildman–Crippen MR) is 74.5 cm³/mol. The van der Waals surface area contributed by atoms with E-state index in [-0.39, 0.29) is 36.2 Å². The minimum Gasteiger partial charge on any atom is -0.383 e. The van der Waals surface area contributed by atoms with Crippen LogP contribution in [-0.2, 0) is 9.53 Å². The van der Waals surface area contributed by atoms with Crippen LogP contribution in [-0.4, -0.2) is 47.6 Å². The van der Waals surface area contributed by atoms with Crippen molar-refractivity contribution in [3.8, 4) is 0 Å². The van der Waals surface area contributed by atoms with E-state index in [1.807, 2.05) is 0 Å². The Labute approximate surface area is 120 Å². The van der Waals surface area contributed by atoms with E-state index in [0.717, 1.165) is 6.33 Å². The molecule has 116 valence electrons. The third-order valence-electron chi connectivity index (χ3n) is 2.41. The number of carbonyl (C=O) groups excluding carboxylic acids is 1. The van der Waals surface area contributed by atoms with Gasteiger partial charge in [0.25, 0.3) is 0 Å².